The zero-order valence-corrected chi connectivity index (χ0v) is 11.7. The van der Waals surface area contributed by atoms with Gasteiger partial charge in [-0.2, -0.15) is 0 Å². The Bertz CT molecular complexity index is 461. The van der Waals surface area contributed by atoms with Gasteiger partial charge in [0.15, 0.2) is 0 Å². The third-order valence-corrected chi connectivity index (χ3v) is 3.60. The molecule has 19 heavy (non-hydrogen) atoms. The van der Waals surface area contributed by atoms with Crippen molar-refractivity contribution in [2.75, 3.05) is 19.6 Å². The van der Waals surface area contributed by atoms with Crippen LogP contribution >= 0.6 is 11.6 Å². The van der Waals surface area contributed by atoms with E-state index in [1.807, 2.05) is 6.92 Å². The molecule has 1 aromatic carbocycles. The highest BCUT2D eigenvalue weighted by Gasteiger charge is 2.28. The highest BCUT2D eigenvalue weighted by molar-refractivity contribution is 6.30. The number of carbonyl (C=O) groups is 1. The minimum absolute atomic E-state index is 0.102. The quantitative estimate of drug-likeness (QED) is 0.922. The summed E-state index contributed by atoms with van der Waals surface area (Å²) in [6.07, 6.45) is 1.78. The fourth-order valence-electron chi connectivity index (χ4n) is 2.41. The van der Waals surface area contributed by atoms with E-state index in [0.29, 0.717) is 11.6 Å². The van der Waals surface area contributed by atoms with Gasteiger partial charge >= 0.3 is 0 Å². The average Bonchev–Trinajstić information content (AvgIpc) is 2.89. The molecule has 1 aliphatic rings. The summed E-state index contributed by atoms with van der Waals surface area (Å²) in [4.78, 5) is 14.2. The van der Waals surface area contributed by atoms with Crippen LogP contribution in [-0.4, -0.2) is 36.5 Å². The average molecular weight is 285 g/mol. The number of carbonyl (C=O) groups excluding carboxylic acids is 1. The van der Waals surface area contributed by atoms with E-state index >= 15 is 0 Å². The zero-order valence-electron chi connectivity index (χ0n) is 11.0. The summed E-state index contributed by atoms with van der Waals surface area (Å²) in [6.45, 7) is 4.34. The summed E-state index contributed by atoms with van der Waals surface area (Å²) in [6, 6.07) is 4.36. The van der Waals surface area contributed by atoms with Gasteiger partial charge in [0.05, 0.1) is 5.56 Å². The second-order valence-electron chi connectivity index (χ2n) is 4.77. The molecule has 1 aromatic rings. The maximum atomic E-state index is 13.8. The van der Waals surface area contributed by atoms with Crippen molar-refractivity contribution in [1.29, 1.82) is 0 Å². The van der Waals surface area contributed by atoms with Crippen molar-refractivity contribution in [2.24, 2.45) is 0 Å². The van der Waals surface area contributed by atoms with E-state index < -0.39 is 5.82 Å². The van der Waals surface area contributed by atoms with Crippen LogP contribution in [0.25, 0.3) is 0 Å². The summed E-state index contributed by atoms with van der Waals surface area (Å²) in [5.74, 6) is -0.797. The lowest BCUT2D eigenvalue weighted by molar-refractivity contribution is 0.0687. The molecular formula is C14H18ClFN2O. The predicted octanol–water partition coefficient (Wildman–Crippen LogP) is 2.69. The Labute approximate surface area is 117 Å². The molecular weight excluding hydrogens is 267 g/mol. The van der Waals surface area contributed by atoms with Crippen molar-refractivity contribution < 1.29 is 9.18 Å². The summed E-state index contributed by atoms with van der Waals surface area (Å²) in [5, 5.41) is 3.54. The molecule has 1 heterocycles. The summed E-state index contributed by atoms with van der Waals surface area (Å²) in [7, 11) is 0. The molecule has 1 fully saturated rings. The first-order valence-electron chi connectivity index (χ1n) is 6.60. The van der Waals surface area contributed by atoms with Gasteiger partial charge in [-0.3, -0.25) is 4.79 Å². The van der Waals surface area contributed by atoms with Crippen LogP contribution in [0.15, 0.2) is 18.2 Å². The second-order valence-corrected chi connectivity index (χ2v) is 5.21. The van der Waals surface area contributed by atoms with Crippen molar-refractivity contribution in [2.45, 2.75) is 25.8 Å². The van der Waals surface area contributed by atoms with Crippen LogP contribution in [0.1, 0.15) is 30.1 Å². The first-order chi connectivity index (χ1) is 9.13. The molecule has 1 N–H and O–H groups in total. The van der Waals surface area contributed by atoms with E-state index in [0.717, 1.165) is 25.9 Å². The number of halogens is 2. The standard InChI is InChI=1S/C14H18ClFN2O/c1-2-7-18(11-5-6-17-9-11)14(19)12-4-3-10(15)8-13(12)16/h3-4,8,11,17H,2,5-7,9H2,1H3. The van der Waals surface area contributed by atoms with Crippen LogP contribution in [0.5, 0.6) is 0 Å². The first-order valence-corrected chi connectivity index (χ1v) is 6.98. The summed E-state index contributed by atoms with van der Waals surface area (Å²) < 4.78 is 13.8. The third-order valence-electron chi connectivity index (χ3n) is 3.36. The smallest absolute Gasteiger partial charge is 0.257 e. The van der Waals surface area contributed by atoms with Crippen LogP contribution in [0.2, 0.25) is 5.02 Å². The molecule has 0 aromatic heterocycles. The minimum Gasteiger partial charge on any atom is -0.334 e. The van der Waals surface area contributed by atoms with E-state index in [1.54, 1.807) is 11.0 Å². The predicted molar refractivity (Wildman–Crippen MR) is 74.0 cm³/mol. The highest BCUT2D eigenvalue weighted by Crippen LogP contribution is 2.19. The van der Waals surface area contributed by atoms with Gasteiger partial charge in [-0.25, -0.2) is 4.39 Å². The summed E-state index contributed by atoms with van der Waals surface area (Å²) in [5.41, 5.74) is 0.102. The summed E-state index contributed by atoms with van der Waals surface area (Å²) >= 11 is 5.71. The van der Waals surface area contributed by atoms with Crippen LogP contribution in [0, 0.1) is 5.82 Å². The molecule has 0 saturated carbocycles. The van der Waals surface area contributed by atoms with Crippen LogP contribution in [0.3, 0.4) is 0 Å². The molecule has 1 aliphatic heterocycles. The van der Waals surface area contributed by atoms with E-state index in [2.05, 4.69) is 5.32 Å². The molecule has 0 radical (unpaired) electrons. The van der Waals surface area contributed by atoms with Gasteiger partial charge in [0.1, 0.15) is 5.82 Å². The Hall–Kier alpha value is -1.13. The Balaban J connectivity index is 2.22. The van der Waals surface area contributed by atoms with Crippen molar-refractivity contribution in [1.82, 2.24) is 10.2 Å². The van der Waals surface area contributed by atoms with E-state index in [1.165, 1.54) is 12.1 Å². The molecule has 0 aliphatic carbocycles. The number of hydrogen-bond acceptors (Lipinski definition) is 2. The third kappa shape index (κ3) is 3.25. The van der Waals surface area contributed by atoms with E-state index in [-0.39, 0.29) is 17.5 Å². The molecule has 0 spiro atoms. The number of nitrogens with one attached hydrogen (secondary N) is 1. The topological polar surface area (TPSA) is 32.3 Å². The molecule has 1 saturated heterocycles. The molecule has 3 nitrogen and oxygen atoms in total. The SMILES string of the molecule is CCCN(C(=O)c1ccc(Cl)cc1F)C1CCNC1. The molecule has 1 amide bonds. The van der Waals surface area contributed by atoms with Gasteiger partial charge in [0.2, 0.25) is 0 Å². The Morgan fingerprint density at radius 3 is 2.95 bits per heavy atom. The lowest BCUT2D eigenvalue weighted by atomic mass is 10.1. The minimum atomic E-state index is -0.551. The number of rotatable bonds is 4. The fourth-order valence-corrected chi connectivity index (χ4v) is 2.57. The molecule has 104 valence electrons. The van der Waals surface area contributed by atoms with Crippen molar-refractivity contribution >= 4 is 17.5 Å². The van der Waals surface area contributed by atoms with Crippen LogP contribution in [-0.2, 0) is 0 Å². The van der Waals surface area contributed by atoms with Gasteiger partial charge in [0, 0.05) is 24.2 Å². The van der Waals surface area contributed by atoms with Gasteiger partial charge in [0.25, 0.3) is 5.91 Å². The highest BCUT2D eigenvalue weighted by atomic mass is 35.5. The lowest BCUT2D eigenvalue weighted by Crippen LogP contribution is -2.42. The van der Waals surface area contributed by atoms with Crippen LogP contribution < -0.4 is 5.32 Å². The normalized spacial score (nSPS) is 18.6. The molecule has 2 rings (SSSR count). The van der Waals surface area contributed by atoms with Gasteiger partial charge < -0.3 is 10.2 Å². The molecule has 5 heteroatoms. The molecule has 1 unspecified atom stereocenters. The number of benzene rings is 1. The number of amides is 1. The number of nitrogens with zero attached hydrogens (tertiary/aromatic N) is 1. The first kappa shape index (κ1) is 14.3. The van der Waals surface area contributed by atoms with E-state index in [9.17, 15) is 9.18 Å². The van der Waals surface area contributed by atoms with Gasteiger partial charge in [-0.1, -0.05) is 18.5 Å². The Kier molecular flexibility index (Phi) is 4.77. The Morgan fingerprint density at radius 1 is 1.58 bits per heavy atom. The molecule has 1 atom stereocenters. The largest absolute Gasteiger partial charge is 0.334 e. The van der Waals surface area contributed by atoms with Crippen molar-refractivity contribution in [3.8, 4) is 0 Å². The fraction of sp³-hybridized carbons (Fsp3) is 0.500. The van der Waals surface area contributed by atoms with Crippen LogP contribution in [0.4, 0.5) is 4.39 Å². The monoisotopic (exact) mass is 284 g/mol. The maximum Gasteiger partial charge on any atom is 0.257 e. The maximum absolute atomic E-state index is 13.8. The molecule has 0 bridgehead atoms. The van der Waals surface area contributed by atoms with Crippen molar-refractivity contribution in [3.05, 3.63) is 34.6 Å². The second kappa shape index (κ2) is 6.35. The zero-order chi connectivity index (χ0) is 13.8. The Morgan fingerprint density at radius 2 is 2.37 bits per heavy atom. The number of hydrogen-bond donors (Lipinski definition) is 1. The van der Waals surface area contributed by atoms with E-state index in [4.69, 9.17) is 11.6 Å². The van der Waals surface area contributed by atoms with Gasteiger partial charge in [-0.05, 0) is 37.6 Å². The van der Waals surface area contributed by atoms with Gasteiger partial charge in [-0.15, -0.1) is 0 Å². The lowest BCUT2D eigenvalue weighted by Gasteiger charge is -2.28. The van der Waals surface area contributed by atoms with Crippen molar-refractivity contribution in [3.63, 3.8) is 0 Å².